The lowest BCUT2D eigenvalue weighted by atomic mass is 10.0. The van der Waals surface area contributed by atoms with Gasteiger partial charge in [0.2, 0.25) is 11.8 Å². The third kappa shape index (κ3) is 4.99. The van der Waals surface area contributed by atoms with Crippen molar-refractivity contribution in [3.05, 3.63) is 24.3 Å². The SMILES string of the molecule is COCC(=O)Nc1ccc(NC(=O)C(C)C(C)N)cc1. The molecule has 1 rings (SSSR count). The van der Waals surface area contributed by atoms with Gasteiger partial charge in [-0.15, -0.1) is 0 Å². The summed E-state index contributed by atoms with van der Waals surface area (Å²) in [5, 5.41) is 5.44. The molecule has 0 aromatic heterocycles. The molecule has 0 radical (unpaired) electrons. The fraction of sp³-hybridized carbons (Fsp3) is 0.429. The van der Waals surface area contributed by atoms with Gasteiger partial charge in [-0.2, -0.15) is 0 Å². The molecule has 0 aliphatic carbocycles. The molecule has 1 aromatic carbocycles. The molecule has 6 heteroatoms. The fourth-order valence-corrected chi connectivity index (χ4v) is 1.46. The predicted molar refractivity (Wildman–Crippen MR) is 78.4 cm³/mol. The number of benzene rings is 1. The molecular formula is C14H21N3O3. The molecule has 0 spiro atoms. The van der Waals surface area contributed by atoms with E-state index in [1.54, 1.807) is 38.1 Å². The fourth-order valence-electron chi connectivity index (χ4n) is 1.46. The Morgan fingerprint density at radius 1 is 1.15 bits per heavy atom. The molecule has 0 aliphatic rings. The van der Waals surface area contributed by atoms with Gasteiger partial charge in [0, 0.05) is 24.5 Å². The van der Waals surface area contributed by atoms with Crippen molar-refractivity contribution >= 4 is 23.2 Å². The summed E-state index contributed by atoms with van der Waals surface area (Å²) < 4.78 is 4.72. The van der Waals surface area contributed by atoms with E-state index in [-0.39, 0.29) is 30.4 Å². The molecule has 2 unspecified atom stereocenters. The van der Waals surface area contributed by atoms with E-state index in [9.17, 15) is 9.59 Å². The minimum absolute atomic E-state index is 0.00436. The number of carbonyl (C=O) groups is 2. The van der Waals surface area contributed by atoms with Crippen LogP contribution in [0, 0.1) is 5.92 Å². The Morgan fingerprint density at radius 2 is 1.65 bits per heavy atom. The first kappa shape index (κ1) is 16.1. The van der Waals surface area contributed by atoms with Gasteiger partial charge in [-0.05, 0) is 31.2 Å². The Kier molecular flexibility index (Phi) is 6.14. The van der Waals surface area contributed by atoms with Crippen LogP contribution in [0.2, 0.25) is 0 Å². The van der Waals surface area contributed by atoms with Crippen LogP contribution in [-0.4, -0.2) is 31.6 Å². The van der Waals surface area contributed by atoms with Gasteiger partial charge in [0.25, 0.3) is 0 Å². The summed E-state index contributed by atoms with van der Waals surface area (Å²) in [5.74, 6) is -0.623. The number of hydrogen-bond donors (Lipinski definition) is 3. The van der Waals surface area contributed by atoms with Gasteiger partial charge in [0.1, 0.15) is 6.61 Å². The lowest BCUT2D eigenvalue weighted by Gasteiger charge is -2.15. The number of nitrogens with one attached hydrogen (secondary N) is 2. The van der Waals surface area contributed by atoms with Crippen molar-refractivity contribution in [2.45, 2.75) is 19.9 Å². The smallest absolute Gasteiger partial charge is 0.250 e. The van der Waals surface area contributed by atoms with E-state index in [1.807, 2.05) is 0 Å². The standard InChI is InChI=1S/C14H21N3O3/c1-9(10(2)15)14(19)17-12-6-4-11(5-7-12)16-13(18)8-20-3/h4-7,9-10H,8,15H2,1-3H3,(H,16,18)(H,17,19). The Morgan fingerprint density at radius 3 is 2.10 bits per heavy atom. The quantitative estimate of drug-likeness (QED) is 0.729. The topological polar surface area (TPSA) is 93.5 Å². The molecule has 1 aromatic rings. The molecule has 2 atom stereocenters. The zero-order chi connectivity index (χ0) is 15.1. The molecule has 2 amide bonds. The monoisotopic (exact) mass is 279 g/mol. The zero-order valence-corrected chi connectivity index (χ0v) is 12.0. The van der Waals surface area contributed by atoms with Crippen LogP contribution in [-0.2, 0) is 14.3 Å². The van der Waals surface area contributed by atoms with Crippen molar-refractivity contribution in [1.29, 1.82) is 0 Å². The zero-order valence-electron chi connectivity index (χ0n) is 12.0. The maximum Gasteiger partial charge on any atom is 0.250 e. The second kappa shape index (κ2) is 7.62. The van der Waals surface area contributed by atoms with Crippen LogP contribution in [0.4, 0.5) is 11.4 Å². The van der Waals surface area contributed by atoms with Crippen LogP contribution in [0.15, 0.2) is 24.3 Å². The Labute approximate surface area is 118 Å². The molecule has 0 fully saturated rings. The van der Waals surface area contributed by atoms with E-state index in [2.05, 4.69) is 10.6 Å². The van der Waals surface area contributed by atoms with Gasteiger partial charge in [-0.25, -0.2) is 0 Å². The molecular weight excluding hydrogens is 258 g/mol. The van der Waals surface area contributed by atoms with E-state index in [1.165, 1.54) is 7.11 Å². The van der Waals surface area contributed by atoms with Gasteiger partial charge in [-0.1, -0.05) is 6.92 Å². The highest BCUT2D eigenvalue weighted by Crippen LogP contribution is 2.15. The molecule has 0 saturated heterocycles. The average molecular weight is 279 g/mol. The first-order valence-electron chi connectivity index (χ1n) is 6.39. The highest BCUT2D eigenvalue weighted by molar-refractivity contribution is 5.94. The van der Waals surface area contributed by atoms with Crippen LogP contribution in [0.5, 0.6) is 0 Å². The van der Waals surface area contributed by atoms with Crippen molar-refractivity contribution in [2.75, 3.05) is 24.4 Å². The molecule has 0 saturated carbocycles. The Bertz CT molecular complexity index is 457. The summed E-state index contributed by atoms with van der Waals surface area (Å²) in [6.07, 6.45) is 0. The molecule has 0 heterocycles. The number of anilines is 2. The van der Waals surface area contributed by atoms with Crippen molar-refractivity contribution in [3.8, 4) is 0 Å². The number of methoxy groups -OCH3 is 1. The molecule has 6 nitrogen and oxygen atoms in total. The third-order valence-electron chi connectivity index (χ3n) is 2.91. The van der Waals surface area contributed by atoms with Crippen LogP contribution in [0.25, 0.3) is 0 Å². The predicted octanol–water partition coefficient (Wildman–Crippen LogP) is 1.19. The van der Waals surface area contributed by atoms with E-state index >= 15 is 0 Å². The second-order valence-electron chi connectivity index (χ2n) is 4.70. The number of carbonyl (C=O) groups excluding carboxylic acids is 2. The summed E-state index contributed by atoms with van der Waals surface area (Å²) in [6, 6.07) is 6.64. The second-order valence-corrected chi connectivity index (χ2v) is 4.70. The van der Waals surface area contributed by atoms with Gasteiger partial charge < -0.3 is 21.1 Å². The Balaban J connectivity index is 2.58. The van der Waals surface area contributed by atoms with Crippen LogP contribution in [0.1, 0.15) is 13.8 Å². The number of amides is 2. The minimum atomic E-state index is -0.268. The molecule has 4 N–H and O–H groups in total. The summed E-state index contributed by atoms with van der Waals surface area (Å²) in [5.41, 5.74) is 6.98. The number of ether oxygens (including phenoxy) is 1. The first-order chi connectivity index (χ1) is 9.43. The summed E-state index contributed by atoms with van der Waals surface area (Å²) >= 11 is 0. The van der Waals surface area contributed by atoms with Crippen molar-refractivity contribution < 1.29 is 14.3 Å². The largest absolute Gasteiger partial charge is 0.375 e. The highest BCUT2D eigenvalue weighted by Gasteiger charge is 2.16. The number of rotatable bonds is 6. The van der Waals surface area contributed by atoms with Gasteiger partial charge >= 0.3 is 0 Å². The van der Waals surface area contributed by atoms with E-state index in [0.29, 0.717) is 11.4 Å². The van der Waals surface area contributed by atoms with E-state index in [0.717, 1.165) is 0 Å². The molecule has 110 valence electrons. The molecule has 0 bridgehead atoms. The van der Waals surface area contributed by atoms with Gasteiger partial charge in [0.05, 0.1) is 5.92 Å². The normalized spacial score (nSPS) is 13.4. The lowest BCUT2D eigenvalue weighted by Crippen LogP contribution is -2.34. The molecule has 20 heavy (non-hydrogen) atoms. The summed E-state index contributed by atoms with van der Waals surface area (Å²) in [4.78, 5) is 23.1. The number of nitrogens with two attached hydrogens (primary N) is 1. The minimum Gasteiger partial charge on any atom is -0.375 e. The van der Waals surface area contributed by atoms with E-state index < -0.39 is 0 Å². The van der Waals surface area contributed by atoms with Crippen molar-refractivity contribution in [2.24, 2.45) is 11.7 Å². The maximum atomic E-state index is 11.8. The van der Waals surface area contributed by atoms with Gasteiger partial charge in [-0.3, -0.25) is 9.59 Å². The maximum absolute atomic E-state index is 11.8. The average Bonchev–Trinajstić information content (AvgIpc) is 2.40. The summed E-state index contributed by atoms with van der Waals surface area (Å²) in [7, 11) is 1.46. The lowest BCUT2D eigenvalue weighted by molar-refractivity contribution is -0.120. The van der Waals surface area contributed by atoms with Crippen molar-refractivity contribution in [3.63, 3.8) is 0 Å². The van der Waals surface area contributed by atoms with Crippen LogP contribution < -0.4 is 16.4 Å². The van der Waals surface area contributed by atoms with Gasteiger partial charge in [0.15, 0.2) is 0 Å². The van der Waals surface area contributed by atoms with Crippen molar-refractivity contribution in [1.82, 2.24) is 0 Å². The third-order valence-corrected chi connectivity index (χ3v) is 2.91. The first-order valence-corrected chi connectivity index (χ1v) is 6.39. The highest BCUT2D eigenvalue weighted by atomic mass is 16.5. The summed E-state index contributed by atoms with van der Waals surface area (Å²) in [6.45, 7) is 3.57. The Hall–Kier alpha value is -1.92. The van der Waals surface area contributed by atoms with Crippen LogP contribution >= 0.6 is 0 Å². The van der Waals surface area contributed by atoms with Crippen LogP contribution in [0.3, 0.4) is 0 Å². The molecule has 0 aliphatic heterocycles. The van der Waals surface area contributed by atoms with E-state index in [4.69, 9.17) is 10.5 Å². The number of hydrogen-bond acceptors (Lipinski definition) is 4.